The van der Waals surface area contributed by atoms with Gasteiger partial charge in [0.2, 0.25) is 5.91 Å². The first kappa shape index (κ1) is 39.5. The molecule has 4 aromatic rings. The highest BCUT2D eigenvalue weighted by Gasteiger charge is 2.20. The normalized spacial score (nSPS) is 9.96. The Balaban J connectivity index is 0.000000270. The highest BCUT2D eigenvalue weighted by atomic mass is 35.5. The summed E-state index contributed by atoms with van der Waals surface area (Å²) in [5.74, 6) is -2.41. The van der Waals surface area contributed by atoms with Gasteiger partial charge in [0, 0.05) is 10.0 Å². The van der Waals surface area contributed by atoms with Crippen LogP contribution in [0.5, 0.6) is 0 Å². The molecule has 0 bridgehead atoms. The maximum absolute atomic E-state index is 12.1. The van der Waals surface area contributed by atoms with Gasteiger partial charge in [0.1, 0.15) is 0 Å². The van der Waals surface area contributed by atoms with Gasteiger partial charge in [-0.05, 0) is 59.7 Å². The van der Waals surface area contributed by atoms with Crippen LogP contribution in [0.3, 0.4) is 0 Å². The third-order valence-corrected chi connectivity index (χ3v) is 7.66. The van der Waals surface area contributed by atoms with E-state index >= 15 is 0 Å². The SMILES string of the molecule is COC(=O)c1c(Cl)ccc(N)c1Cl.COC(=O)c1c(Cl)ccc(NC(=O)Cc2cccc(Cl)c2)c1Cl.O=C(O)Cc1cccc(Cl)c1. The molecule has 4 rings (SSSR count). The van der Waals surface area contributed by atoms with Crippen LogP contribution in [0.15, 0.2) is 72.8 Å². The summed E-state index contributed by atoms with van der Waals surface area (Å²) >= 11 is 35.1. The maximum atomic E-state index is 12.1. The monoisotopic (exact) mass is 760 g/mol. The van der Waals surface area contributed by atoms with E-state index in [1.807, 2.05) is 0 Å². The number of halogens is 6. The van der Waals surface area contributed by atoms with Crippen molar-refractivity contribution < 1.29 is 33.8 Å². The predicted octanol–water partition coefficient (Wildman–Crippen LogP) is 8.94. The molecule has 4 N–H and O–H groups in total. The number of ether oxygens (including phenoxy) is 2. The number of esters is 2. The Morgan fingerprint density at radius 1 is 0.681 bits per heavy atom. The van der Waals surface area contributed by atoms with Gasteiger partial charge in [0.15, 0.2) is 0 Å². The number of carboxylic acid groups (broad SMARTS) is 1. The van der Waals surface area contributed by atoms with E-state index in [1.165, 1.54) is 38.5 Å². The minimum absolute atomic E-state index is 0.0105. The lowest BCUT2D eigenvalue weighted by molar-refractivity contribution is -0.136. The molecule has 0 saturated heterocycles. The Labute approximate surface area is 300 Å². The van der Waals surface area contributed by atoms with Gasteiger partial charge < -0.3 is 25.6 Å². The molecule has 0 radical (unpaired) electrons. The number of hydrogen-bond acceptors (Lipinski definition) is 7. The molecule has 15 heteroatoms. The van der Waals surface area contributed by atoms with Crippen LogP contribution in [0.25, 0.3) is 0 Å². The summed E-state index contributed by atoms with van der Waals surface area (Å²) in [6.07, 6.45) is 0.146. The summed E-state index contributed by atoms with van der Waals surface area (Å²) in [6.45, 7) is 0. The summed E-state index contributed by atoms with van der Waals surface area (Å²) in [4.78, 5) is 45.2. The van der Waals surface area contributed by atoms with Crippen LogP contribution in [-0.2, 0) is 31.9 Å². The second kappa shape index (κ2) is 19.2. The quantitative estimate of drug-likeness (QED) is 0.125. The van der Waals surface area contributed by atoms with E-state index in [2.05, 4.69) is 14.8 Å². The molecule has 0 fully saturated rings. The molecule has 47 heavy (non-hydrogen) atoms. The Kier molecular flexibility index (Phi) is 16.1. The molecule has 4 aromatic carbocycles. The topological polar surface area (TPSA) is 145 Å². The number of nitrogens with one attached hydrogen (secondary N) is 1. The zero-order chi connectivity index (χ0) is 35.3. The molecule has 1 amide bonds. The number of anilines is 2. The molecule has 0 aromatic heterocycles. The number of hydrogen-bond donors (Lipinski definition) is 3. The highest BCUT2D eigenvalue weighted by molar-refractivity contribution is 6.42. The van der Waals surface area contributed by atoms with Crippen molar-refractivity contribution in [2.75, 3.05) is 25.3 Å². The van der Waals surface area contributed by atoms with Crippen molar-refractivity contribution in [3.8, 4) is 0 Å². The molecule has 248 valence electrons. The summed E-state index contributed by atoms with van der Waals surface area (Å²) in [5, 5.41) is 12.7. The molecule has 0 spiro atoms. The fraction of sp³-hybridized carbons (Fsp3) is 0.125. The second-order valence-electron chi connectivity index (χ2n) is 9.15. The standard InChI is InChI=1S/C16H12Cl3NO3.C8H7Cl2NO2.C8H7ClO2/c1-23-16(22)14-11(18)5-6-12(15(14)19)20-13(21)8-9-3-2-4-10(17)7-9;1-13-8(12)6-4(9)2-3-5(11)7(6)10;9-7-3-1-2-6(4-7)5-8(10)11/h2-7H,8H2,1H3,(H,20,21);2-3H,11H2,1H3;1-4H,5H2,(H,10,11). The number of methoxy groups -OCH3 is 2. The van der Waals surface area contributed by atoms with E-state index in [4.69, 9.17) is 80.4 Å². The van der Waals surface area contributed by atoms with Gasteiger partial charge in [-0.1, -0.05) is 93.9 Å². The minimum atomic E-state index is -0.840. The lowest BCUT2D eigenvalue weighted by Crippen LogP contribution is -2.15. The molecule has 0 saturated carbocycles. The average Bonchev–Trinajstić information content (AvgIpc) is 3.01. The number of benzene rings is 4. The first-order chi connectivity index (χ1) is 22.2. The third-order valence-electron chi connectivity index (χ3n) is 5.76. The number of carbonyl (C=O) groups excluding carboxylic acids is 3. The minimum Gasteiger partial charge on any atom is -0.481 e. The van der Waals surface area contributed by atoms with Gasteiger partial charge in [0.05, 0.1) is 69.7 Å². The van der Waals surface area contributed by atoms with Gasteiger partial charge in [-0.2, -0.15) is 0 Å². The number of rotatable bonds is 7. The molecule has 0 atom stereocenters. The zero-order valence-electron chi connectivity index (χ0n) is 24.6. The third kappa shape index (κ3) is 12.4. The number of carboxylic acids is 1. The first-order valence-electron chi connectivity index (χ1n) is 13.1. The van der Waals surface area contributed by atoms with Crippen molar-refractivity contribution in [1.82, 2.24) is 0 Å². The number of nitrogen functional groups attached to an aromatic ring is 1. The largest absolute Gasteiger partial charge is 0.481 e. The van der Waals surface area contributed by atoms with Crippen LogP contribution in [0.1, 0.15) is 31.8 Å². The van der Waals surface area contributed by atoms with E-state index in [0.717, 1.165) is 11.1 Å². The van der Waals surface area contributed by atoms with E-state index in [1.54, 1.807) is 48.5 Å². The average molecular weight is 763 g/mol. The highest BCUT2D eigenvalue weighted by Crippen LogP contribution is 2.33. The molecule has 0 aliphatic rings. The fourth-order valence-electron chi connectivity index (χ4n) is 3.64. The van der Waals surface area contributed by atoms with Crippen LogP contribution in [0.4, 0.5) is 11.4 Å². The van der Waals surface area contributed by atoms with E-state index < -0.39 is 17.9 Å². The van der Waals surface area contributed by atoms with Crippen LogP contribution in [0, 0.1) is 0 Å². The Hall–Kier alpha value is -3.70. The van der Waals surface area contributed by atoms with E-state index in [0.29, 0.717) is 15.7 Å². The number of amides is 1. The summed E-state index contributed by atoms with van der Waals surface area (Å²) in [7, 11) is 2.47. The Morgan fingerprint density at radius 2 is 1.15 bits per heavy atom. The second-order valence-corrected chi connectivity index (χ2v) is 11.6. The summed E-state index contributed by atoms with van der Waals surface area (Å²) < 4.78 is 9.12. The predicted molar refractivity (Wildman–Crippen MR) is 187 cm³/mol. The smallest absolute Gasteiger partial charge is 0.340 e. The Bertz CT molecular complexity index is 1770. The number of carbonyl (C=O) groups is 4. The van der Waals surface area contributed by atoms with Crippen molar-refractivity contribution >= 4 is 105 Å². The summed E-state index contributed by atoms with van der Waals surface area (Å²) in [6, 6.07) is 19.8. The van der Waals surface area contributed by atoms with Crippen molar-refractivity contribution in [1.29, 1.82) is 0 Å². The van der Waals surface area contributed by atoms with Crippen molar-refractivity contribution in [2.45, 2.75) is 12.8 Å². The van der Waals surface area contributed by atoms with Crippen LogP contribution >= 0.6 is 69.6 Å². The maximum Gasteiger partial charge on any atom is 0.340 e. The molecular formula is C32H26Cl6N2O7. The van der Waals surface area contributed by atoms with Crippen molar-refractivity contribution in [3.63, 3.8) is 0 Å². The van der Waals surface area contributed by atoms with E-state index in [9.17, 15) is 19.2 Å². The van der Waals surface area contributed by atoms with Crippen LogP contribution in [-0.4, -0.2) is 43.1 Å². The van der Waals surface area contributed by atoms with Crippen LogP contribution < -0.4 is 11.1 Å². The van der Waals surface area contributed by atoms with Crippen molar-refractivity contribution in [3.05, 3.63) is 125 Å². The number of aliphatic carboxylic acids is 1. The van der Waals surface area contributed by atoms with Crippen molar-refractivity contribution in [2.24, 2.45) is 0 Å². The lowest BCUT2D eigenvalue weighted by atomic mass is 10.1. The van der Waals surface area contributed by atoms with E-state index in [-0.39, 0.29) is 55.7 Å². The lowest BCUT2D eigenvalue weighted by Gasteiger charge is -2.11. The first-order valence-corrected chi connectivity index (χ1v) is 15.3. The van der Waals surface area contributed by atoms with Gasteiger partial charge in [-0.25, -0.2) is 9.59 Å². The number of nitrogens with two attached hydrogens (primary N) is 1. The van der Waals surface area contributed by atoms with Gasteiger partial charge in [0.25, 0.3) is 0 Å². The zero-order valence-corrected chi connectivity index (χ0v) is 29.1. The molecule has 0 aliphatic carbocycles. The molecule has 0 heterocycles. The molecule has 9 nitrogen and oxygen atoms in total. The molecule has 0 aliphatic heterocycles. The molecular weight excluding hydrogens is 737 g/mol. The summed E-state index contributed by atoms with van der Waals surface area (Å²) in [5.41, 5.74) is 7.66. The van der Waals surface area contributed by atoms with Crippen LogP contribution in [0.2, 0.25) is 30.1 Å². The van der Waals surface area contributed by atoms with Gasteiger partial charge in [-0.3, -0.25) is 9.59 Å². The Morgan fingerprint density at radius 3 is 1.62 bits per heavy atom. The van der Waals surface area contributed by atoms with Gasteiger partial charge >= 0.3 is 17.9 Å². The van der Waals surface area contributed by atoms with Gasteiger partial charge in [-0.15, -0.1) is 0 Å². The fourth-order valence-corrected chi connectivity index (χ4v) is 5.17. The molecule has 0 unspecified atom stereocenters.